The minimum atomic E-state index is -0.900. The van der Waals surface area contributed by atoms with E-state index >= 15 is 0 Å². The van der Waals surface area contributed by atoms with Gasteiger partial charge in [-0.2, -0.15) is 0 Å². The number of fused-ring (bicyclic) bond motifs is 1. The maximum Gasteiger partial charge on any atom is 0.335 e. The lowest BCUT2D eigenvalue weighted by atomic mass is 10.1. The molecule has 0 bridgehead atoms. The van der Waals surface area contributed by atoms with Gasteiger partial charge in [0.1, 0.15) is 5.82 Å². The van der Waals surface area contributed by atoms with E-state index in [0.717, 1.165) is 29.7 Å². The average molecular weight is 367 g/mol. The Morgan fingerprint density at radius 2 is 1.60 bits per heavy atom. The summed E-state index contributed by atoms with van der Waals surface area (Å²) in [4.78, 5) is 18.8. The number of hydrogen-bond acceptors (Lipinski definition) is 2. The first-order chi connectivity index (χ1) is 11.7. The number of nitrogens with zero attached hydrogens (tertiary/aromatic N) is 1. The highest BCUT2D eigenvalue weighted by molar-refractivity contribution is 5.92. The fourth-order valence-corrected chi connectivity index (χ4v) is 3.09. The number of halogens is 1. The molecule has 4 nitrogen and oxygen atoms in total. The van der Waals surface area contributed by atoms with Crippen LogP contribution in [0.5, 0.6) is 0 Å². The summed E-state index contributed by atoms with van der Waals surface area (Å²) >= 11 is 0. The van der Waals surface area contributed by atoms with Crippen LogP contribution in [-0.4, -0.2) is 21.0 Å². The molecule has 1 heterocycles. The quantitative estimate of drug-likeness (QED) is 0.443. The van der Waals surface area contributed by atoms with Crippen molar-refractivity contribution in [2.45, 2.75) is 77.6 Å². The molecule has 1 aromatic heterocycles. The second-order valence-corrected chi connectivity index (χ2v) is 6.65. The fourth-order valence-electron chi connectivity index (χ4n) is 3.09. The Labute approximate surface area is 156 Å². The molecule has 5 heteroatoms. The second-order valence-electron chi connectivity index (χ2n) is 6.65. The van der Waals surface area contributed by atoms with E-state index in [9.17, 15) is 4.79 Å². The molecule has 25 heavy (non-hydrogen) atoms. The Balaban J connectivity index is 0.00000312. The largest absolute Gasteiger partial charge is 0.478 e. The summed E-state index contributed by atoms with van der Waals surface area (Å²) in [5.41, 5.74) is 1.97. The molecule has 0 aliphatic heterocycles. The Morgan fingerprint density at radius 3 is 2.20 bits per heavy atom. The third kappa shape index (κ3) is 7.47. The van der Waals surface area contributed by atoms with E-state index in [1.165, 1.54) is 57.8 Å². The predicted octanol–water partition coefficient (Wildman–Crippen LogP) is 6.15. The third-order valence-electron chi connectivity index (χ3n) is 4.55. The summed E-state index contributed by atoms with van der Waals surface area (Å²) in [6.45, 7) is 2.26. The second kappa shape index (κ2) is 11.9. The van der Waals surface area contributed by atoms with E-state index in [-0.39, 0.29) is 12.4 Å². The van der Waals surface area contributed by atoms with Gasteiger partial charge < -0.3 is 10.1 Å². The van der Waals surface area contributed by atoms with Crippen LogP contribution >= 0.6 is 12.4 Å². The zero-order valence-electron chi connectivity index (χ0n) is 15.2. The molecule has 0 saturated carbocycles. The summed E-state index contributed by atoms with van der Waals surface area (Å²) in [5.74, 6) is 0.0647. The molecule has 1 aromatic carbocycles. The minimum absolute atomic E-state index is 0. The first-order valence-electron chi connectivity index (χ1n) is 9.42. The number of hydrogen-bond donors (Lipinski definition) is 2. The standard InChI is InChI=1S/C20H30N2O2.ClH/c1-2-3-4-5-6-7-8-9-10-11-12-19-21-17-14-13-16(20(23)24)15-18(17)22-19;/h13-15H,2-12H2,1H3,(H,21,22)(H,23,24);1H. The SMILES string of the molecule is CCCCCCCCCCCCc1nc2ccc(C(=O)O)cc2[nH]1.Cl. The Morgan fingerprint density at radius 1 is 1.00 bits per heavy atom. The van der Waals surface area contributed by atoms with Crippen LogP contribution in [0.25, 0.3) is 11.0 Å². The average Bonchev–Trinajstić information content (AvgIpc) is 2.98. The van der Waals surface area contributed by atoms with Crippen molar-refractivity contribution in [1.29, 1.82) is 0 Å². The highest BCUT2D eigenvalue weighted by Gasteiger charge is 2.07. The number of imidazole rings is 1. The fraction of sp³-hybridized carbons (Fsp3) is 0.600. The Bertz CT molecular complexity index is 640. The van der Waals surface area contributed by atoms with Gasteiger partial charge in [0.25, 0.3) is 0 Å². The van der Waals surface area contributed by atoms with Crippen LogP contribution in [0.3, 0.4) is 0 Å². The van der Waals surface area contributed by atoms with Gasteiger partial charge in [-0.05, 0) is 24.6 Å². The highest BCUT2D eigenvalue weighted by atomic mass is 35.5. The molecule has 2 rings (SSSR count). The van der Waals surface area contributed by atoms with E-state index < -0.39 is 5.97 Å². The molecule has 0 unspecified atom stereocenters. The molecule has 0 saturated heterocycles. The molecular weight excluding hydrogens is 336 g/mol. The molecule has 0 aliphatic rings. The van der Waals surface area contributed by atoms with Crippen molar-refractivity contribution < 1.29 is 9.90 Å². The lowest BCUT2D eigenvalue weighted by molar-refractivity contribution is 0.0697. The van der Waals surface area contributed by atoms with Crippen molar-refractivity contribution in [3.8, 4) is 0 Å². The first-order valence-corrected chi connectivity index (χ1v) is 9.42. The minimum Gasteiger partial charge on any atom is -0.478 e. The summed E-state index contributed by atoms with van der Waals surface area (Å²) in [6.07, 6.45) is 14.2. The third-order valence-corrected chi connectivity index (χ3v) is 4.55. The zero-order valence-corrected chi connectivity index (χ0v) is 16.0. The Hall–Kier alpha value is -1.55. The molecular formula is C20H31ClN2O2. The van der Waals surface area contributed by atoms with E-state index in [2.05, 4.69) is 16.9 Å². The molecule has 2 aromatic rings. The van der Waals surface area contributed by atoms with Gasteiger partial charge in [-0.15, -0.1) is 12.4 Å². The number of unbranched alkanes of at least 4 members (excludes halogenated alkanes) is 9. The van der Waals surface area contributed by atoms with Gasteiger partial charge in [0, 0.05) is 6.42 Å². The number of aromatic amines is 1. The van der Waals surface area contributed by atoms with Crippen LogP contribution < -0.4 is 0 Å². The number of carboxylic acids is 1. The molecule has 2 N–H and O–H groups in total. The Kier molecular flexibility index (Phi) is 10.2. The van der Waals surface area contributed by atoms with Crippen molar-refractivity contribution in [2.24, 2.45) is 0 Å². The first kappa shape index (κ1) is 21.5. The molecule has 0 fully saturated rings. The molecule has 0 amide bonds. The number of H-pyrrole nitrogens is 1. The van der Waals surface area contributed by atoms with Gasteiger partial charge in [0.2, 0.25) is 0 Å². The summed E-state index contributed by atoms with van der Waals surface area (Å²) in [5, 5.41) is 9.02. The number of carboxylic acid groups (broad SMARTS) is 1. The number of nitrogens with one attached hydrogen (secondary N) is 1. The molecule has 0 aliphatic carbocycles. The van der Waals surface area contributed by atoms with Crippen molar-refractivity contribution in [3.05, 3.63) is 29.6 Å². The van der Waals surface area contributed by atoms with Gasteiger partial charge in [-0.25, -0.2) is 9.78 Å². The van der Waals surface area contributed by atoms with Crippen LogP contribution in [0.2, 0.25) is 0 Å². The van der Waals surface area contributed by atoms with Gasteiger partial charge in [0.15, 0.2) is 0 Å². The van der Waals surface area contributed by atoms with Crippen LogP contribution in [0.1, 0.15) is 87.3 Å². The van der Waals surface area contributed by atoms with Gasteiger partial charge in [-0.1, -0.05) is 64.7 Å². The van der Waals surface area contributed by atoms with Crippen LogP contribution in [-0.2, 0) is 6.42 Å². The topological polar surface area (TPSA) is 66.0 Å². The van der Waals surface area contributed by atoms with Gasteiger partial charge in [-0.3, -0.25) is 0 Å². The van der Waals surface area contributed by atoms with E-state index in [1.807, 2.05) is 0 Å². The smallest absolute Gasteiger partial charge is 0.335 e. The van der Waals surface area contributed by atoms with Crippen molar-refractivity contribution >= 4 is 29.4 Å². The molecule has 0 atom stereocenters. The summed E-state index contributed by atoms with van der Waals surface area (Å²) in [6, 6.07) is 5.04. The van der Waals surface area contributed by atoms with E-state index in [4.69, 9.17) is 5.11 Å². The number of rotatable bonds is 12. The number of aryl methyl sites for hydroxylation is 1. The van der Waals surface area contributed by atoms with Gasteiger partial charge >= 0.3 is 5.97 Å². The van der Waals surface area contributed by atoms with Crippen molar-refractivity contribution in [2.75, 3.05) is 0 Å². The molecule has 0 radical (unpaired) electrons. The lowest BCUT2D eigenvalue weighted by Crippen LogP contribution is -1.94. The zero-order chi connectivity index (χ0) is 17.2. The van der Waals surface area contributed by atoms with E-state index in [1.54, 1.807) is 18.2 Å². The van der Waals surface area contributed by atoms with Crippen LogP contribution in [0, 0.1) is 0 Å². The molecule has 140 valence electrons. The van der Waals surface area contributed by atoms with Crippen molar-refractivity contribution in [3.63, 3.8) is 0 Å². The molecule has 0 spiro atoms. The number of aromatic carboxylic acids is 1. The normalized spacial score (nSPS) is 10.8. The number of aromatic nitrogens is 2. The maximum atomic E-state index is 11.0. The van der Waals surface area contributed by atoms with Crippen molar-refractivity contribution in [1.82, 2.24) is 9.97 Å². The summed E-state index contributed by atoms with van der Waals surface area (Å²) in [7, 11) is 0. The highest BCUT2D eigenvalue weighted by Crippen LogP contribution is 2.16. The number of carbonyl (C=O) groups is 1. The summed E-state index contributed by atoms with van der Waals surface area (Å²) < 4.78 is 0. The maximum absolute atomic E-state index is 11.0. The monoisotopic (exact) mass is 366 g/mol. The van der Waals surface area contributed by atoms with Crippen LogP contribution in [0.4, 0.5) is 0 Å². The van der Waals surface area contributed by atoms with Crippen LogP contribution in [0.15, 0.2) is 18.2 Å². The number of benzene rings is 1. The van der Waals surface area contributed by atoms with Gasteiger partial charge in [0.05, 0.1) is 16.6 Å². The predicted molar refractivity (Wildman–Crippen MR) is 106 cm³/mol. The van der Waals surface area contributed by atoms with E-state index in [0.29, 0.717) is 5.56 Å². The lowest BCUT2D eigenvalue weighted by Gasteiger charge is -2.01.